The molecule has 0 saturated heterocycles. The van der Waals surface area contributed by atoms with Crippen LogP contribution in [0.2, 0.25) is 5.02 Å². The largest absolute Gasteiger partial charge is 0.496 e. The van der Waals surface area contributed by atoms with E-state index < -0.39 is 12.0 Å². The Kier molecular flexibility index (Phi) is 8.37. The van der Waals surface area contributed by atoms with E-state index in [1.54, 1.807) is 31.6 Å². The van der Waals surface area contributed by atoms with Crippen molar-refractivity contribution in [3.8, 4) is 11.5 Å². The summed E-state index contributed by atoms with van der Waals surface area (Å²) >= 11 is 7.60. The number of nitrogens with zero attached hydrogens (tertiary/aromatic N) is 2. The second-order valence-corrected chi connectivity index (χ2v) is 11.5. The van der Waals surface area contributed by atoms with Crippen molar-refractivity contribution in [2.75, 3.05) is 13.7 Å². The second kappa shape index (κ2) is 12.5. The molecule has 9 heteroatoms. The average molecular weight is 625 g/mol. The zero-order valence-electron chi connectivity index (χ0n) is 24.4. The first-order chi connectivity index (χ1) is 21.4. The highest BCUT2D eigenvalue weighted by Crippen LogP contribution is 2.40. The van der Waals surface area contributed by atoms with Crippen molar-refractivity contribution in [1.29, 1.82) is 0 Å². The van der Waals surface area contributed by atoms with Gasteiger partial charge in [0.1, 0.15) is 24.1 Å². The fourth-order valence-electron chi connectivity index (χ4n) is 5.44. The van der Waals surface area contributed by atoms with Crippen molar-refractivity contribution in [1.82, 2.24) is 4.57 Å². The molecule has 222 valence electrons. The Labute approximate surface area is 262 Å². The van der Waals surface area contributed by atoms with Crippen LogP contribution in [0, 0.1) is 0 Å². The standard InChI is InChI=1S/C35H29ClN2O5S/c1-4-42-34(40)30-21(2)37-35-38(32(30)31-25-14-8-5-11-22(25)17-18-28(31)41-3)33(39)29(44-35)19-23-12-7-10-16-27(23)43-20-24-13-6-9-15-26(24)36/h5-19,32H,4,20H2,1-3H3/b29-19+/t32-/m1/s1. The molecule has 1 atom stereocenters. The number of carbonyl (C=O) groups excluding carboxylic acids is 1. The fourth-order valence-corrected chi connectivity index (χ4v) is 6.67. The van der Waals surface area contributed by atoms with E-state index in [0.717, 1.165) is 21.9 Å². The molecule has 5 aromatic rings. The first-order valence-corrected chi connectivity index (χ1v) is 15.3. The average Bonchev–Trinajstić information content (AvgIpc) is 3.33. The van der Waals surface area contributed by atoms with Gasteiger partial charge in [0.25, 0.3) is 5.56 Å². The van der Waals surface area contributed by atoms with Gasteiger partial charge in [-0.3, -0.25) is 9.36 Å². The van der Waals surface area contributed by atoms with Gasteiger partial charge in [0.15, 0.2) is 4.80 Å². The minimum Gasteiger partial charge on any atom is -0.496 e. The van der Waals surface area contributed by atoms with Gasteiger partial charge in [0.2, 0.25) is 0 Å². The molecule has 0 saturated carbocycles. The Morgan fingerprint density at radius 1 is 1.00 bits per heavy atom. The molecular formula is C35H29ClN2O5S. The van der Waals surface area contributed by atoms with Crippen LogP contribution in [0.15, 0.2) is 106 Å². The van der Waals surface area contributed by atoms with Crippen molar-refractivity contribution < 1.29 is 19.0 Å². The molecule has 1 aliphatic heterocycles. The van der Waals surface area contributed by atoms with Crippen LogP contribution >= 0.6 is 22.9 Å². The number of allylic oxidation sites excluding steroid dienone is 1. The Morgan fingerprint density at radius 3 is 2.55 bits per heavy atom. The third kappa shape index (κ3) is 5.42. The van der Waals surface area contributed by atoms with E-state index in [9.17, 15) is 9.59 Å². The minimum atomic E-state index is -0.819. The maximum Gasteiger partial charge on any atom is 0.338 e. The number of esters is 1. The van der Waals surface area contributed by atoms with Crippen LogP contribution in [0.25, 0.3) is 16.8 Å². The normalized spacial score (nSPS) is 14.7. The molecule has 0 bridgehead atoms. The molecule has 0 N–H and O–H groups in total. The molecule has 0 spiro atoms. The highest BCUT2D eigenvalue weighted by Gasteiger charge is 2.36. The SMILES string of the molecule is CCOC(=O)C1=C(C)N=c2s/c(=C/c3ccccc3OCc3ccccc3Cl)c(=O)n2[C@H]1c1c(OC)ccc2ccccc12. The Morgan fingerprint density at radius 2 is 1.75 bits per heavy atom. The number of benzene rings is 4. The van der Waals surface area contributed by atoms with Gasteiger partial charge in [-0.2, -0.15) is 0 Å². The quantitative estimate of drug-likeness (QED) is 0.192. The van der Waals surface area contributed by atoms with E-state index in [1.807, 2.05) is 84.9 Å². The predicted octanol–water partition coefficient (Wildman–Crippen LogP) is 6.19. The topological polar surface area (TPSA) is 79.1 Å². The van der Waals surface area contributed by atoms with Gasteiger partial charge in [-0.15, -0.1) is 0 Å². The number of para-hydroxylation sites is 1. The van der Waals surface area contributed by atoms with Gasteiger partial charge < -0.3 is 14.2 Å². The lowest BCUT2D eigenvalue weighted by Crippen LogP contribution is -2.40. The van der Waals surface area contributed by atoms with Crippen LogP contribution in [-0.4, -0.2) is 24.3 Å². The maximum atomic E-state index is 14.3. The van der Waals surface area contributed by atoms with Gasteiger partial charge >= 0.3 is 5.97 Å². The Hall–Kier alpha value is -4.66. The highest BCUT2D eigenvalue weighted by molar-refractivity contribution is 7.07. The molecule has 4 aromatic carbocycles. The number of carbonyl (C=O) groups is 1. The molecular weight excluding hydrogens is 596 g/mol. The summed E-state index contributed by atoms with van der Waals surface area (Å²) in [6.45, 7) is 3.98. The first-order valence-electron chi connectivity index (χ1n) is 14.1. The lowest BCUT2D eigenvalue weighted by atomic mass is 9.90. The first kappa shape index (κ1) is 29.4. The Balaban J connectivity index is 1.53. The number of ether oxygens (including phenoxy) is 3. The second-order valence-electron chi connectivity index (χ2n) is 10.1. The maximum absolute atomic E-state index is 14.3. The van der Waals surface area contributed by atoms with Crippen LogP contribution in [0.4, 0.5) is 0 Å². The van der Waals surface area contributed by atoms with Crippen molar-refractivity contribution >= 4 is 45.8 Å². The van der Waals surface area contributed by atoms with Crippen LogP contribution < -0.4 is 24.4 Å². The molecule has 1 aromatic heterocycles. The molecule has 0 fully saturated rings. The van der Waals surface area contributed by atoms with Gasteiger partial charge in [-0.25, -0.2) is 9.79 Å². The van der Waals surface area contributed by atoms with Crippen LogP contribution in [0.3, 0.4) is 0 Å². The third-order valence-corrected chi connectivity index (χ3v) is 8.84. The molecule has 0 amide bonds. The summed E-state index contributed by atoms with van der Waals surface area (Å²) in [7, 11) is 1.58. The van der Waals surface area contributed by atoms with Gasteiger partial charge in [0.05, 0.1) is 29.5 Å². The summed E-state index contributed by atoms with van der Waals surface area (Å²) in [6.07, 6.45) is 1.80. The minimum absolute atomic E-state index is 0.185. The number of hydrogen-bond acceptors (Lipinski definition) is 7. The monoisotopic (exact) mass is 624 g/mol. The zero-order valence-corrected chi connectivity index (χ0v) is 25.9. The number of halogens is 1. The van der Waals surface area contributed by atoms with Crippen LogP contribution in [-0.2, 0) is 16.1 Å². The summed E-state index contributed by atoms with van der Waals surface area (Å²) < 4.78 is 19.5. The number of rotatable bonds is 8. The summed E-state index contributed by atoms with van der Waals surface area (Å²) in [5.74, 6) is 0.633. The number of aromatic nitrogens is 1. The zero-order chi connectivity index (χ0) is 30.8. The van der Waals surface area contributed by atoms with Gasteiger partial charge in [0, 0.05) is 21.7 Å². The van der Waals surface area contributed by atoms with E-state index in [2.05, 4.69) is 0 Å². The number of hydrogen-bond donors (Lipinski definition) is 0. The number of fused-ring (bicyclic) bond motifs is 2. The van der Waals surface area contributed by atoms with Crippen LogP contribution in [0.1, 0.15) is 36.6 Å². The molecule has 7 nitrogen and oxygen atoms in total. The summed E-state index contributed by atoms with van der Waals surface area (Å²) in [5, 5.41) is 2.43. The Bertz CT molecular complexity index is 2110. The van der Waals surface area contributed by atoms with Crippen molar-refractivity contribution in [3.05, 3.63) is 138 Å². The lowest BCUT2D eigenvalue weighted by Gasteiger charge is -2.27. The predicted molar refractivity (Wildman–Crippen MR) is 173 cm³/mol. The fraction of sp³-hybridized carbons (Fsp3) is 0.171. The van der Waals surface area contributed by atoms with E-state index in [0.29, 0.717) is 42.7 Å². The molecule has 0 aliphatic carbocycles. The van der Waals surface area contributed by atoms with Gasteiger partial charge in [-0.05, 0) is 48.9 Å². The lowest BCUT2D eigenvalue weighted by molar-refractivity contribution is -0.139. The number of thiazole rings is 1. The molecule has 2 heterocycles. The van der Waals surface area contributed by atoms with Crippen LogP contribution in [0.5, 0.6) is 11.5 Å². The van der Waals surface area contributed by atoms with E-state index >= 15 is 0 Å². The van der Waals surface area contributed by atoms with Crippen molar-refractivity contribution in [2.45, 2.75) is 26.5 Å². The van der Waals surface area contributed by atoms with Crippen molar-refractivity contribution in [2.24, 2.45) is 4.99 Å². The van der Waals surface area contributed by atoms with E-state index in [4.69, 9.17) is 30.8 Å². The summed E-state index contributed by atoms with van der Waals surface area (Å²) in [5.41, 5.74) is 2.77. The molecule has 6 rings (SSSR count). The van der Waals surface area contributed by atoms with Crippen molar-refractivity contribution in [3.63, 3.8) is 0 Å². The molecule has 0 unspecified atom stereocenters. The van der Waals surface area contributed by atoms with E-state index in [-0.39, 0.29) is 18.8 Å². The van der Waals surface area contributed by atoms with Gasteiger partial charge in [-0.1, -0.05) is 89.7 Å². The molecule has 44 heavy (non-hydrogen) atoms. The third-order valence-electron chi connectivity index (χ3n) is 7.49. The summed E-state index contributed by atoms with van der Waals surface area (Å²) in [4.78, 5) is 33.0. The summed E-state index contributed by atoms with van der Waals surface area (Å²) in [6, 6.07) is 25.8. The smallest absolute Gasteiger partial charge is 0.338 e. The number of methoxy groups -OCH3 is 1. The van der Waals surface area contributed by atoms with E-state index in [1.165, 1.54) is 11.3 Å². The molecule has 0 radical (unpaired) electrons. The molecule has 1 aliphatic rings. The highest BCUT2D eigenvalue weighted by atomic mass is 35.5.